The van der Waals surface area contributed by atoms with Gasteiger partial charge >= 0.3 is 0 Å². The van der Waals surface area contributed by atoms with E-state index in [0.29, 0.717) is 12.4 Å². The summed E-state index contributed by atoms with van der Waals surface area (Å²) in [4.78, 5) is 8.79. The summed E-state index contributed by atoms with van der Waals surface area (Å²) in [5.74, 6) is 1.29. The molecule has 1 aliphatic heterocycles. The Morgan fingerprint density at radius 1 is 1.23 bits per heavy atom. The third kappa shape index (κ3) is 3.32. The van der Waals surface area contributed by atoms with Crippen LogP contribution in [0.1, 0.15) is 25.3 Å². The molecule has 152 valence electrons. The van der Waals surface area contributed by atoms with E-state index in [4.69, 9.17) is 15.6 Å². The Kier molecular flexibility index (Phi) is 4.71. The maximum absolute atomic E-state index is 6.30. The van der Waals surface area contributed by atoms with Crippen LogP contribution in [-0.4, -0.2) is 32.9 Å². The molecule has 2 aliphatic rings. The van der Waals surface area contributed by atoms with Crippen molar-refractivity contribution >= 4 is 22.5 Å². The summed E-state index contributed by atoms with van der Waals surface area (Å²) in [5, 5.41) is 9.17. The van der Waals surface area contributed by atoms with Gasteiger partial charge in [0.25, 0.3) is 0 Å². The Labute approximate surface area is 175 Å². The van der Waals surface area contributed by atoms with Crippen LogP contribution in [0.15, 0.2) is 61.0 Å². The SMILES string of the molecule is C=C1/C=C\C=C/CCC(n2nc(-c3ccc4c(c3)NCCO4)c3c(N)ncnc32)C1. The highest BCUT2D eigenvalue weighted by atomic mass is 16.5. The maximum Gasteiger partial charge on any atom is 0.164 e. The quantitative estimate of drug-likeness (QED) is 0.667. The van der Waals surface area contributed by atoms with Gasteiger partial charge in [-0.2, -0.15) is 5.10 Å². The van der Waals surface area contributed by atoms with Gasteiger partial charge in [-0.15, -0.1) is 0 Å². The van der Waals surface area contributed by atoms with Crippen LogP contribution in [0, 0.1) is 0 Å². The molecule has 3 heterocycles. The number of aromatic nitrogens is 4. The molecule has 0 amide bonds. The second-order valence-corrected chi connectivity index (χ2v) is 7.62. The van der Waals surface area contributed by atoms with Gasteiger partial charge in [0.2, 0.25) is 0 Å². The number of benzene rings is 1. The lowest BCUT2D eigenvalue weighted by atomic mass is 10.0. The number of nitrogens with two attached hydrogens (primary N) is 1. The lowest BCUT2D eigenvalue weighted by Gasteiger charge is -2.19. The highest BCUT2D eigenvalue weighted by Gasteiger charge is 2.23. The van der Waals surface area contributed by atoms with Crippen LogP contribution in [0.5, 0.6) is 5.75 Å². The molecule has 0 radical (unpaired) electrons. The molecule has 30 heavy (non-hydrogen) atoms. The average Bonchev–Trinajstić information content (AvgIpc) is 3.19. The molecule has 2 aromatic heterocycles. The summed E-state index contributed by atoms with van der Waals surface area (Å²) in [7, 11) is 0. The predicted molar refractivity (Wildman–Crippen MR) is 119 cm³/mol. The maximum atomic E-state index is 6.30. The molecule has 0 bridgehead atoms. The highest BCUT2D eigenvalue weighted by molar-refractivity contribution is 5.98. The number of rotatable bonds is 2. The molecule has 0 saturated carbocycles. The van der Waals surface area contributed by atoms with Gasteiger partial charge in [-0.1, -0.05) is 36.5 Å². The Balaban J connectivity index is 1.64. The fourth-order valence-corrected chi connectivity index (χ4v) is 4.08. The third-order valence-electron chi connectivity index (χ3n) is 5.54. The summed E-state index contributed by atoms with van der Waals surface area (Å²) in [6.07, 6.45) is 12.6. The van der Waals surface area contributed by atoms with Gasteiger partial charge in [-0.25, -0.2) is 14.6 Å². The van der Waals surface area contributed by atoms with Gasteiger partial charge in [0, 0.05) is 12.1 Å². The second-order valence-electron chi connectivity index (χ2n) is 7.62. The van der Waals surface area contributed by atoms with E-state index in [1.54, 1.807) is 0 Å². The molecule has 1 atom stereocenters. The Bertz CT molecular complexity index is 1180. The van der Waals surface area contributed by atoms with Crippen LogP contribution in [0.4, 0.5) is 11.5 Å². The number of allylic oxidation sites excluding steroid dienone is 5. The van der Waals surface area contributed by atoms with Gasteiger partial charge < -0.3 is 15.8 Å². The van der Waals surface area contributed by atoms with Crippen LogP contribution in [-0.2, 0) is 0 Å². The van der Waals surface area contributed by atoms with Gasteiger partial charge in [0.1, 0.15) is 30.2 Å². The van der Waals surface area contributed by atoms with E-state index >= 15 is 0 Å². The Morgan fingerprint density at radius 3 is 3.10 bits per heavy atom. The van der Waals surface area contributed by atoms with Crippen LogP contribution >= 0.6 is 0 Å². The summed E-state index contributed by atoms with van der Waals surface area (Å²) in [6, 6.07) is 6.17. The van der Waals surface area contributed by atoms with Crippen LogP contribution < -0.4 is 15.8 Å². The molecular weight excluding hydrogens is 376 g/mol. The van der Waals surface area contributed by atoms with E-state index in [9.17, 15) is 0 Å². The lowest BCUT2D eigenvalue weighted by Crippen LogP contribution is -2.17. The summed E-state index contributed by atoms with van der Waals surface area (Å²) < 4.78 is 7.72. The highest BCUT2D eigenvalue weighted by Crippen LogP contribution is 2.37. The predicted octanol–water partition coefficient (Wildman–Crippen LogP) is 4.27. The molecular formula is C23H24N6O. The van der Waals surface area contributed by atoms with Gasteiger partial charge in [0.15, 0.2) is 5.65 Å². The molecule has 0 fully saturated rings. The Morgan fingerprint density at radius 2 is 2.17 bits per heavy atom. The van der Waals surface area contributed by atoms with E-state index < -0.39 is 0 Å². The van der Waals surface area contributed by atoms with E-state index in [0.717, 1.165) is 65.1 Å². The first kappa shape index (κ1) is 18.4. The van der Waals surface area contributed by atoms with Crippen LogP contribution in [0.25, 0.3) is 22.3 Å². The fourth-order valence-electron chi connectivity index (χ4n) is 4.08. The zero-order valence-corrected chi connectivity index (χ0v) is 16.7. The number of anilines is 2. The standard InChI is InChI=1S/C23H24N6O/c1-15-6-4-2-3-5-7-17(12-15)29-23-20(22(24)26-14-27-23)21(28-29)16-8-9-19-18(13-16)25-10-11-30-19/h2-4,6,8-9,13-14,17,25H,1,5,7,10-12H2,(H2,24,26,27)/b3-2-,6-4-. The third-order valence-corrected chi connectivity index (χ3v) is 5.54. The minimum absolute atomic E-state index is 0.134. The smallest absolute Gasteiger partial charge is 0.164 e. The first-order valence-electron chi connectivity index (χ1n) is 10.2. The molecule has 1 aromatic carbocycles. The van der Waals surface area contributed by atoms with E-state index in [1.807, 2.05) is 22.9 Å². The molecule has 0 saturated heterocycles. The van der Waals surface area contributed by atoms with Crippen molar-refractivity contribution in [3.05, 3.63) is 61.0 Å². The Hall–Kier alpha value is -3.61. The zero-order valence-electron chi connectivity index (χ0n) is 16.7. The summed E-state index contributed by atoms with van der Waals surface area (Å²) in [5.41, 5.74) is 10.8. The van der Waals surface area contributed by atoms with E-state index in [2.05, 4.69) is 46.2 Å². The first-order valence-corrected chi connectivity index (χ1v) is 10.2. The molecule has 3 N–H and O–H groups in total. The molecule has 7 heteroatoms. The largest absolute Gasteiger partial charge is 0.490 e. The van der Waals surface area contributed by atoms with Crippen molar-refractivity contribution in [1.82, 2.24) is 19.7 Å². The number of nitrogens with zero attached hydrogens (tertiary/aromatic N) is 4. The van der Waals surface area contributed by atoms with Crippen molar-refractivity contribution in [2.45, 2.75) is 25.3 Å². The molecule has 5 rings (SSSR count). The minimum Gasteiger partial charge on any atom is -0.490 e. The molecule has 1 unspecified atom stereocenters. The number of fused-ring (bicyclic) bond motifs is 2. The van der Waals surface area contributed by atoms with Crippen molar-refractivity contribution in [3.63, 3.8) is 0 Å². The van der Waals surface area contributed by atoms with Crippen molar-refractivity contribution in [3.8, 4) is 17.0 Å². The van der Waals surface area contributed by atoms with Crippen LogP contribution in [0.2, 0.25) is 0 Å². The second kappa shape index (κ2) is 7.67. The number of ether oxygens (including phenoxy) is 1. The molecule has 7 nitrogen and oxygen atoms in total. The van der Waals surface area contributed by atoms with Gasteiger partial charge in [-0.05, 0) is 37.5 Å². The van der Waals surface area contributed by atoms with Crippen molar-refractivity contribution in [2.75, 3.05) is 24.2 Å². The fraction of sp³-hybridized carbons (Fsp3) is 0.261. The van der Waals surface area contributed by atoms with E-state index in [1.165, 1.54) is 6.33 Å². The normalized spacial score (nSPS) is 20.9. The monoisotopic (exact) mass is 400 g/mol. The number of hydrogen-bond donors (Lipinski definition) is 2. The molecule has 0 spiro atoms. The summed E-state index contributed by atoms with van der Waals surface area (Å²) in [6.45, 7) is 5.65. The van der Waals surface area contributed by atoms with Crippen molar-refractivity contribution < 1.29 is 4.74 Å². The lowest BCUT2D eigenvalue weighted by molar-refractivity contribution is 0.323. The number of nitrogens with one attached hydrogen (secondary N) is 1. The van der Waals surface area contributed by atoms with Crippen molar-refractivity contribution in [1.29, 1.82) is 0 Å². The number of nitrogen functional groups attached to an aromatic ring is 1. The first-order chi connectivity index (χ1) is 14.7. The molecule has 3 aromatic rings. The summed E-state index contributed by atoms with van der Waals surface area (Å²) >= 11 is 0. The topological polar surface area (TPSA) is 90.9 Å². The zero-order chi connectivity index (χ0) is 20.5. The van der Waals surface area contributed by atoms with Crippen molar-refractivity contribution in [2.24, 2.45) is 0 Å². The van der Waals surface area contributed by atoms with Gasteiger partial charge in [-0.3, -0.25) is 0 Å². The van der Waals surface area contributed by atoms with Gasteiger partial charge in [0.05, 0.1) is 17.1 Å². The average molecular weight is 400 g/mol. The number of hydrogen-bond acceptors (Lipinski definition) is 6. The van der Waals surface area contributed by atoms with Crippen LogP contribution in [0.3, 0.4) is 0 Å². The van der Waals surface area contributed by atoms with E-state index in [-0.39, 0.29) is 6.04 Å². The minimum atomic E-state index is 0.134. The molecule has 1 aliphatic carbocycles.